The van der Waals surface area contributed by atoms with E-state index in [4.69, 9.17) is 20.3 Å². The lowest BCUT2D eigenvalue weighted by Gasteiger charge is -2.24. The van der Waals surface area contributed by atoms with E-state index < -0.39 is 5.60 Å². The summed E-state index contributed by atoms with van der Waals surface area (Å²) in [5.41, 5.74) is 0.593. The highest BCUT2D eigenvalue weighted by Gasteiger charge is 2.27. The van der Waals surface area contributed by atoms with Gasteiger partial charge in [-0.2, -0.15) is 0 Å². The molecule has 0 saturated heterocycles. The first kappa shape index (κ1) is 26.7. The third-order valence-corrected chi connectivity index (χ3v) is 4.52. The van der Waals surface area contributed by atoms with Crippen LogP contribution in [0.5, 0.6) is 11.5 Å². The van der Waals surface area contributed by atoms with E-state index in [2.05, 4.69) is 21.5 Å². The molecule has 0 bridgehead atoms. The summed E-state index contributed by atoms with van der Waals surface area (Å²) in [6, 6.07) is 7.46. The number of halogens is 1. The van der Waals surface area contributed by atoms with Crippen LogP contribution >= 0.6 is 24.0 Å². The van der Waals surface area contributed by atoms with E-state index in [9.17, 15) is 5.11 Å². The van der Waals surface area contributed by atoms with E-state index >= 15 is 0 Å². The van der Waals surface area contributed by atoms with Crippen LogP contribution in [0.15, 0.2) is 33.7 Å². The zero-order valence-corrected chi connectivity index (χ0v) is 21.1. The monoisotopic (exact) mass is 541 g/mol. The maximum atomic E-state index is 10.9. The number of hydrogen-bond acceptors (Lipinski definition) is 5. The summed E-state index contributed by atoms with van der Waals surface area (Å²) in [6.07, 6.45) is 5.28. The number of aliphatic hydroxyl groups is 1. The molecule has 3 N–H and O–H groups in total. The summed E-state index contributed by atoms with van der Waals surface area (Å²) in [6.45, 7) is 8.99. The summed E-state index contributed by atoms with van der Waals surface area (Å²) >= 11 is 0. The van der Waals surface area contributed by atoms with Crippen molar-refractivity contribution in [3.05, 3.63) is 46.9 Å². The minimum absolute atomic E-state index is 0. The molecule has 1 aromatic carbocycles. The normalized spacial score (nSPS) is 12.9. The second kappa shape index (κ2) is 12.5. The number of benzene rings is 1. The largest absolute Gasteiger partial charge is 0.493 e. The Morgan fingerprint density at radius 2 is 2.00 bits per heavy atom. The van der Waals surface area contributed by atoms with Crippen molar-refractivity contribution in [3.8, 4) is 23.8 Å². The lowest BCUT2D eigenvalue weighted by molar-refractivity contribution is 0.0601. The van der Waals surface area contributed by atoms with Crippen molar-refractivity contribution in [1.29, 1.82) is 0 Å². The van der Waals surface area contributed by atoms with Gasteiger partial charge in [-0.25, -0.2) is 4.99 Å². The number of rotatable bonds is 9. The van der Waals surface area contributed by atoms with Crippen molar-refractivity contribution in [1.82, 2.24) is 10.6 Å². The highest BCUT2D eigenvalue weighted by Crippen LogP contribution is 2.28. The lowest BCUT2D eigenvalue weighted by Crippen LogP contribution is -2.44. The van der Waals surface area contributed by atoms with Crippen LogP contribution in [0.3, 0.4) is 0 Å². The molecular weight excluding hydrogens is 509 g/mol. The van der Waals surface area contributed by atoms with Crippen LogP contribution in [0.2, 0.25) is 0 Å². The Morgan fingerprint density at radius 3 is 2.58 bits per heavy atom. The number of furan rings is 1. The first-order valence-electron chi connectivity index (χ1n) is 9.86. The van der Waals surface area contributed by atoms with Crippen LogP contribution in [-0.2, 0) is 12.1 Å². The Bertz CT molecular complexity index is 916. The van der Waals surface area contributed by atoms with Gasteiger partial charge < -0.3 is 29.6 Å². The Hall–Kier alpha value is -2.38. The SMILES string of the molecule is C#CCOc1cc(CN=C(NCC)NCC(C)(O)c2cc(C)oc2C)ccc1OC.I. The number of methoxy groups -OCH3 is 1. The van der Waals surface area contributed by atoms with Gasteiger partial charge in [0.15, 0.2) is 17.5 Å². The molecule has 0 aliphatic rings. The van der Waals surface area contributed by atoms with Crippen molar-refractivity contribution in [2.75, 3.05) is 26.8 Å². The van der Waals surface area contributed by atoms with Crippen LogP contribution in [0.25, 0.3) is 0 Å². The molecule has 0 radical (unpaired) electrons. The van der Waals surface area contributed by atoms with Crippen LogP contribution in [0.4, 0.5) is 0 Å². The molecule has 0 aliphatic carbocycles. The quantitative estimate of drug-likeness (QED) is 0.195. The van der Waals surface area contributed by atoms with Gasteiger partial charge in [0.05, 0.1) is 20.2 Å². The topological polar surface area (TPSA) is 88.2 Å². The van der Waals surface area contributed by atoms with Gasteiger partial charge in [0.1, 0.15) is 23.7 Å². The molecule has 7 nitrogen and oxygen atoms in total. The zero-order chi connectivity index (χ0) is 22.1. The van der Waals surface area contributed by atoms with Crippen LogP contribution < -0.4 is 20.1 Å². The van der Waals surface area contributed by atoms with Gasteiger partial charge >= 0.3 is 0 Å². The Morgan fingerprint density at radius 1 is 1.26 bits per heavy atom. The molecule has 31 heavy (non-hydrogen) atoms. The maximum absolute atomic E-state index is 10.9. The summed E-state index contributed by atoms with van der Waals surface area (Å²) in [4.78, 5) is 4.61. The number of nitrogens with one attached hydrogen (secondary N) is 2. The molecule has 1 atom stereocenters. The number of terminal acetylenes is 1. The predicted octanol–water partition coefficient (Wildman–Crippen LogP) is 3.50. The van der Waals surface area contributed by atoms with Crippen LogP contribution in [0, 0.1) is 26.2 Å². The number of guanidine groups is 1. The van der Waals surface area contributed by atoms with E-state index in [1.165, 1.54) is 0 Å². The highest BCUT2D eigenvalue weighted by atomic mass is 127. The van der Waals surface area contributed by atoms with Gasteiger partial charge in [0.25, 0.3) is 0 Å². The zero-order valence-electron chi connectivity index (χ0n) is 18.7. The Kier molecular flexibility index (Phi) is 10.7. The summed E-state index contributed by atoms with van der Waals surface area (Å²) in [5, 5.41) is 17.3. The third-order valence-electron chi connectivity index (χ3n) is 4.52. The Balaban J connectivity index is 0.00000480. The second-order valence-electron chi connectivity index (χ2n) is 7.13. The molecule has 2 rings (SSSR count). The molecule has 0 spiro atoms. The Labute approximate surface area is 201 Å². The number of nitrogens with zero attached hydrogens (tertiary/aromatic N) is 1. The van der Waals surface area contributed by atoms with Crippen molar-refractivity contribution in [3.63, 3.8) is 0 Å². The van der Waals surface area contributed by atoms with E-state index in [1.54, 1.807) is 14.0 Å². The molecule has 0 fully saturated rings. The third kappa shape index (κ3) is 7.67. The number of aryl methyl sites for hydroxylation is 2. The van der Waals surface area contributed by atoms with Crippen LogP contribution in [-0.4, -0.2) is 37.9 Å². The fourth-order valence-corrected chi connectivity index (χ4v) is 3.08. The van der Waals surface area contributed by atoms with Gasteiger partial charge in [-0.05, 0) is 51.5 Å². The average molecular weight is 541 g/mol. The first-order chi connectivity index (χ1) is 14.3. The van der Waals surface area contributed by atoms with Crippen molar-refractivity contribution < 1.29 is 19.0 Å². The van der Waals surface area contributed by atoms with Gasteiger partial charge in [0, 0.05) is 12.1 Å². The predicted molar refractivity (Wildman–Crippen MR) is 133 cm³/mol. The van der Waals surface area contributed by atoms with Crippen molar-refractivity contribution in [2.24, 2.45) is 4.99 Å². The van der Waals surface area contributed by atoms with Gasteiger partial charge in [0.2, 0.25) is 0 Å². The molecule has 0 aliphatic heterocycles. The molecule has 0 saturated carbocycles. The fourth-order valence-electron chi connectivity index (χ4n) is 3.08. The summed E-state index contributed by atoms with van der Waals surface area (Å²) in [7, 11) is 1.58. The number of aliphatic imine (C=N–C) groups is 1. The van der Waals surface area contributed by atoms with E-state index in [0.29, 0.717) is 36.3 Å². The molecule has 0 amide bonds. The highest BCUT2D eigenvalue weighted by molar-refractivity contribution is 14.0. The summed E-state index contributed by atoms with van der Waals surface area (Å²) < 4.78 is 16.4. The molecule has 1 aromatic heterocycles. The van der Waals surface area contributed by atoms with Crippen molar-refractivity contribution >= 4 is 29.9 Å². The molecule has 170 valence electrons. The van der Waals surface area contributed by atoms with E-state index in [0.717, 1.165) is 16.9 Å². The number of hydrogen-bond donors (Lipinski definition) is 3. The second-order valence-corrected chi connectivity index (χ2v) is 7.13. The fraction of sp³-hybridized carbons (Fsp3) is 0.435. The molecule has 8 heteroatoms. The van der Waals surface area contributed by atoms with Crippen LogP contribution in [0.1, 0.15) is 36.5 Å². The standard InChI is InChI=1S/C23H31N3O4.HI/c1-7-11-29-21-13-18(9-10-20(21)28-6)14-25-22(24-8-2)26-15-23(5,27)19-12-16(3)30-17(19)4;/h1,9-10,12-13,27H,8,11,14-15H2,2-6H3,(H2,24,25,26);1H. The number of ether oxygens (including phenoxy) is 2. The lowest BCUT2D eigenvalue weighted by atomic mass is 9.96. The molecule has 1 heterocycles. The van der Waals surface area contributed by atoms with Gasteiger partial charge in [-0.15, -0.1) is 30.4 Å². The van der Waals surface area contributed by atoms with E-state index in [-0.39, 0.29) is 37.1 Å². The average Bonchev–Trinajstić information content (AvgIpc) is 3.07. The van der Waals surface area contributed by atoms with E-state index in [1.807, 2.05) is 45.0 Å². The van der Waals surface area contributed by atoms with Crippen molar-refractivity contribution in [2.45, 2.75) is 39.8 Å². The van der Waals surface area contributed by atoms with Gasteiger partial charge in [-0.1, -0.05) is 12.0 Å². The van der Waals surface area contributed by atoms with Gasteiger partial charge in [-0.3, -0.25) is 0 Å². The molecule has 2 aromatic rings. The minimum Gasteiger partial charge on any atom is -0.493 e. The smallest absolute Gasteiger partial charge is 0.191 e. The minimum atomic E-state index is -1.10. The molecule has 1 unspecified atom stereocenters. The molecular formula is C23H32IN3O4. The first-order valence-corrected chi connectivity index (χ1v) is 9.86. The summed E-state index contributed by atoms with van der Waals surface area (Å²) in [5.74, 6) is 5.71. The maximum Gasteiger partial charge on any atom is 0.191 e.